The molecule has 6 nitrogen and oxygen atoms in total. The van der Waals surface area contributed by atoms with Crippen molar-refractivity contribution in [3.63, 3.8) is 0 Å². The molecule has 9 heteroatoms. The molecular weight excluding hydrogens is 434 g/mol. The van der Waals surface area contributed by atoms with Crippen molar-refractivity contribution < 1.29 is 23.0 Å². The van der Waals surface area contributed by atoms with Gasteiger partial charge in [0.2, 0.25) is 10.0 Å². The van der Waals surface area contributed by atoms with Gasteiger partial charge < -0.3 is 14.6 Å². The monoisotopic (exact) mass is 475 g/mol. The zero-order chi connectivity index (χ0) is 22.8. The number of aliphatic hydroxyl groups is 1. The van der Waals surface area contributed by atoms with E-state index in [1.165, 1.54) is 4.31 Å². The van der Waals surface area contributed by atoms with Crippen LogP contribution in [0.15, 0.2) is 29.2 Å². The van der Waals surface area contributed by atoms with E-state index in [1.54, 1.807) is 18.2 Å². The number of benzene rings is 1. The second-order valence-electron chi connectivity index (χ2n) is 10.1. The van der Waals surface area contributed by atoms with Crippen LogP contribution >= 0.6 is 0 Å². The summed E-state index contributed by atoms with van der Waals surface area (Å²) < 4.78 is 39.3. The van der Waals surface area contributed by atoms with E-state index in [9.17, 15) is 8.42 Å². The first-order chi connectivity index (χ1) is 13.8. The molecule has 0 atom stereocenters. The summed E-state index contributed by atoms with van der Waals surface area (Å²) in [6, 6.07) is 8.88. The van der Waals surface area contributed by atoms with Crippen molar-refractivity contribution in [2.75, 3.05) is 33.3 Å². The van der Waals surface area contributed by atoms with Gasteiger partial charge in [-0.3, -0.25) is 0 Å². The summed E-state index contributed by atoms with van der Waals surface area (Å²) in [7, 11) is -6.24. The molecule has 0 aromatic heterocycles. The summed E-state index contributed by atoms with van der Waals surface area (Å²) in [4.78, 5) is 0.237. The summed E-state index contributed by atoms with van der Waals surface area (Å²) >= 11 is 0. The maximum atomic E-state index is 13.3. The van der Waals surface area contributed by atoms with Crippen LogP contribution in [0.25, 0.3) is 0 Å². The number of sulfonamides is 1. The van der Waals surface area contributed by atoms with Crippen molar-refractivity contribution in [1.29, 1.82) is 0 Å². The van der Waals surface area contributed by atoms with E-state index in [2.05, 4.69) is 39.3 Å². The fraction of sp³-hybridized carbons (Fsp3) is 0.714. The lowest BCUT2D eigenvalue weighted by molar-refractivity contribution is 0.00815. The molecule has 0 heterocycles. The molecule has 0 aliphatic rings. The average Bonchev–Trinajstić information content (AvgIpc) is 2.63. The van der Waals surface area contributed by atoms with Gasteiger partial charge in [-0.15, -0.1) is 4.31 Å². The molecule has 0 aliphatic carbocycles. The van der Waals surface area contributed by atoms with Crippen molar-refractivity contribution in [3.05, 3.63) is 29.8 Å². The van der Waals surface area contributed by atoms with E-state index in [0.29, 0.717) is 26.1 Å². The molecule has 1 N–H and O–H groups in total. The van der Waals surface area contributed by atoms with Crippen LogP contribution in [0.1, 0.15) is 12.0 Å². The fourth-order valence-electron chi connectivity index (χ4n) is 2.56. The average molecular weight is 476 g/mol. The molecular formula is C21H41NO5SSi2. The summed E-state index contributed by atoms with van der Waals surface area (Å²) in [5.74, 6) is 0. The third kappa shape index (κ3) is 11.2. The summed E-state index contributed by atoms with van der Waals surface area (Å²) in [5.41, 5.74) is 0.893. The minimum atomic E-state index is -3.74. The van der Waals surface area contributed by atoms with Crippen LogP contribution in [0.2, 0.25) is 51.4 Å². The zero-order valence-electron chi connectivity index (χ0n) is 19.6. The van der Waals surface area contributed by atoms with Crippen molar-refractivity contribution in [1.82, 2.24) is 4.31 Å². The molecule has 0 unspecified atom stereocenters. The number of rotatable bonds is 15. The van der Waals surface area contributed by atoms with Crippen LogP contribution in [0, 0.1) is 0 Å². The number of aliphatic hydroxyl groups excluding tert-OH is 1. The highest BCUT2D eigenvalue weighted by molar-refractivity contribution is 7.89. The Labute approximate surface area is 185 Å². The first kappa shape index (κ1) is 27.5. The third-order valence-corrected chi connectivity index (χ3v) is 9.77. The molecule has 1 aromatic carbocycles. The van der Waals surface area contributed by atoms with E-state index in [0.717, 1.165) is 17.7 Å². The summed E-state index contributed by atoms with van der Waals surface area (Å²) in [6.07, 6.45) is 1.24. The van der Waals surface area contributed by atoms with Crippen molar-refractivity contribution in [2.24, 2.45) is 0 Å². The maximum Gasteiger partial charge on any atom is 0.246 e. The number of hydrogen-bond acceptors (Lipinski definition) is 5. The molecule has 1 aromatic rings. The number of hydrogen-bond donors (Lipinski definition) is 1. The van der Waals surface area contributed by atoms with Gasteiger partial charge in [-0.2, -0.15) is 0 Å². The minimum Gasteiger partial charge on any atom is -0.396 e. The third-order valence-electron chi connectivity index (χ3n) is 4.62. The second-order valence-corrected chi connectivity index (χ2v) is 23.3. The lowest BCUT2D eigenvalue weighted by atomic mass is 10.1. The Kier molecular flexibility index (Phi) is 11.4. The Morgan fingerprint density at radius 2 is 1.47 bits per heavy atom. The second kappa shape index (κ2) is 12.5. The van der Waals surface area contributed by atoms with Gasteiger partial charge >= 0.3 is 0 Å². The van der Waals surface area contributed by atoms with Crippen LogP contribution in [0.4, 0.5) is 0 Å². The van der Waals surface area contributed by atoms with Crippen LogP contribution < -0.4 is 0 Å². The highest BCUT2D eigenvalue weighted by Crippen LogP contribution is 2.19. The lowest BCUT2D eigenvalue weighted by Crippen LogP contribution is -2.36. The van der Waals surface area contributed by atoms with E-state index >= 15 is 0 Å². The number of nitrogens with zero attached hydrogens (tertiary/aromatic N) is 1. The maximum absolute atomic E-state index is 13.3. The molecule has 174 valence electrons. The van der Waals surface area contributed by atoms with Gasteiger partial charge in [-0.1, -0.05) is 51.4 Å². The molecule has 0 radical (unpaired) electrons. The van der Waals surface area contributed by atoms with Crippen LogP contribution in [0.5, 0.6) is 0 Å². The van der Waals surface area contributed by atoms with Crippen molar-refractivity contribution >= 4 is 26.2 Å². The SMILES string of the molecule is C[Si](C)(C)CCOCN(COCC[Si](C)(C)C)S(=O)(=O)c1cccc(CCCO)c1. The Hall–Kier alpha value is -0.556. The predicted molar refractivity (Wildman–Crippen MR) is 129 cm³/mol. The first-order valence-corrected chi connectivity index (χ1v) is 19.6. The molecule has 0 aliphatic heterocycles. The van der Waals surface area contributed by atoms with Crippen LogP contribution in [0.3, 0.4) is 0 Å². The van der Waals surface area contributed by atoms with Crippen molar-refractivity contribution in [3.8, 4) is 0 Å². The van der Waals surface area contributed by atoms with Gasteiger partial charge in [0, 0.05) is 36.0 Å². The Morgan fingerprint density at radius 3 is 1.93 bits per heavy atom. The molecule has 0 saturated heterocycles. The van der Waals surface area contributed by atoms with E-state index in [-0.39, 0.29) is 25.0 Å². The van der Waals surface area contributed by atoms with Crippen LogP contribution in [-0.4, -0.2) is 67.3 Å². The summed E-state index contributed by atoms with van der Waals surface area (Å²) in [6.45, 7) is 14.8. The molecule has 30 heavy (non-hydrogen) atoms. The first-order valence-electron chi connectivity index (χ1n) is 10.7. The predicted octanol–water partition coefficient (Wildman–Crippen LogP) is 4.23. The van der Waals surface area contributed by atoms with E-state index in [4.69, 9.17) is 14.6 Å². The van der Waals surface area contributed by atoms with Gasteiger partial charge in [0.05, 0.1) is 4.90 Å². The van der Waals surface area contributed by atoms with E-state index < -0.39 is 26.2 Å². The minimum absolute atomic E-state index is 0.0133. The molecule has 1 rings (SSSR count). The fourth-order valence-corrected chi connectivity index (χ4v) is 5.35. The van der Waals surface area contributed by atoms with Gasteiger partial charge in [0.15, 0.2) is 0 Å². The standard InChI is InChI=1S/C21H41NO5SSi2/c1-29(2,3)15-13-26-18-22(19-27-14-16-30(4,5)6)28(24,25)21-11-7-9-20(17-21)10-8-12-23/h7,9,11,17,23H,8,10,12-16,18-19H2,1-6H3. The van der Waals surface area contributed by atoms with Gasteiger partial charge in [0.25, 0.3) is 0 Å². The number of ether oxygens (including phenoxy) is 2. The van der Waals surface area contributed by atoms with Gasteiger partial charge in [-0.05, 0) is 42.6 Å². The van der Waals surface area contributed by atoms with Crippen molar-refractivity contribution in [2.45, 2.75) is 69.1 Å². The van der Waals surface area contributed by atoms with Gasteiger partial charge in [0.1, 0.15) is 13.5 Å². The van der Waals surface area contributed by atoms with E-state index in [1.807, 2.05) is 6.07 Å². The number of aryl methyl sites for hydroxylation is 1. The highest BCUT2D eigenvalue weighted by atomic mass is 32.2. The normalized spacial score (nSPS) is 13.2. The molecule has 0 spiro atoms. The van der Waals surface area contributed by atoms with Gasteiger partial charge in [-0.25, -0.2) is 8.42 Å². The molecule has 0 fully saturated rings. The Bertz CT molecular complexity index is 708. The topological polar surface area (TPSA) is 76.1 Å². The summed E-state index contributed by atoms with van der Waals surface area (Å²) in [5, 5.41) is 9.05. The largest absolute Gasteiger partial charge is 0.396 e. The smallest absolute Gasteiger partial charge is 0.246 e. The lowest BCUT2D eigenvalue weighted by Gasteiger charge is -2.24. The zero-order valence-corrected chi connectivity index (χ0v) is 22.4. The highest BCUT2D eigenvalue weighted by Gasteiger charge is 2.26. The quantitative estimate of drug-likeness (QED) is 0.233. The molecule has 0 amide bonds. The van der Waals surface area contributed by atoms with Crippen LogP contribution in [-0.2, 0) is 25.9 Å². The molecule has 0 bridgehead atoms. The molecule has 0 saturated carbocycles. The Balaban J connectivity index is 2.88. The Morgan fingerprint density at radius 1 is 0.933 bits per heavy atom.